The summed E-state index contributed by atoms with van der Waals surface area (Å²) in [4.78, 5) is 27.3. The number of aryl methyl sites for hydroxylation is 2. The summed E-state index contributed by atoms with van der Waals surface area (Å²) in [5, 5.41) is 3.16. The maximum Gasteiger partial charge on any atom is 0.359 e. The van der Waals surface area contributed by atoms with Gasteiger partial charge in [0.25, 0.3) is 0 Å². The van der Waals surface area contributed by atoms with Gasteiger partial charge in [-0.25, -0.2) is 19.7 Å². The van der Waals surface area contributed by atoms with E-state index < -0.39 is 5.97 Å². The summed E-state index contributed by atoms with van der Waals surface area (Å²) in [7, 11) is 1.92. The molecule has 2 fully saturated rings. The van der Waals surface area contributed by atoms with Crippen molar-refractivity contribution >= 4 is 17.1 Å². The summed E-state index contributed by atoms with van der Waals surface area (Å²) >= 11 is 0. The van der Waals surface area contributed by atoms with E-state index in [-0.39, 0.29) is 5.69 Å². The number of nitrogens with zero attached hydrogens (tertiary/aromatic N) is 5. The van der Waals surface area contributed by atoms with Crippen LogP contribution in [0.5, 0.6) is 0 Å². The number of rotatable bonds is 6. The van der Waals surface area contributed by atoms with Crippen LogP contribution in [0, 0.1) is 0 Å². The van der Waals surface area contributed by atoms with Crippen molar-refractivity contribution in [2.75, 3.05) is 65.8 Å². The van der Waals surface area contributed by atoms with Crippen molar-refractivity contribution in [3.63, 3.8) is 0 Å². The van der Waals surface area contributed by atoms with Gasteiger partial charge in [0.05, 0.1) is 33.0 Å². The average Bonchev–Trinajstić information content (AvgIpc) is 3.24. The molecule has 2 saturated heterocycles. The van der Waals surface area contributed by atoms with Crippen LogP contribution in [0.3, 0.4) is 0 Å². The third-order valence-corrected chi connectivity index (χ3v) is 5.04. The number of esters is 1. The van der Waals surface area contributed by atoms with E-state index in [2.05, 4.69) is 25.2 Å². The Hall–Kier alpha value is -2.14. The minimum Gasteiger partial charge on any atom is -0.461 e. The van der Waals surface area contributed by atoms with Crippen LogP contribution in [-0.4, -0.2) is 96.1 Å². The molecule has 0 amide bonds. The summed E-state index contributed by atoms with van der Waals surface area (Å²) in [6.07, 6.45) is 3.21. The predicted molar refractivity (Wildman–Crippen MR) is 134 cm³/mol. The van der Waals surface area contributed by atoms with Crippen LogP contribution >= 0.6 is 0 Å². The Morgan fingerprint density at radius 1 is 1.06 bits per heavy atom. The third kappa shape index (κ3) is 9.61. The van der Waals surface area contributed by atoms with Gasteiger partial charge in [0.15, 0.2) is 11.3 Å². The molecule has 0 saturated carbocycles. The fraction of sp³-hybridized carbons (Fsp3) is 0.750. The van der Waals surface area contributed by atoms with Gasteiger partial charge in [0.2, 0.25) is 0 Å². The number of hydrogen-bond acceptors (Lipinski definition) is 9. The monoisotopic (exact) mass is 480 g/mol. The molecule has 10 nitrogen and oxygen atoms in total. The van der Waals surface area contributed by atoms with Crippen molar-refractivity contribution in [1.82, 2.24) is 29.7 Å². The Labute approximate surface area is 204 Å². The van der Waals surface area contributed by atoms with Crippen molar-refractivity contribution in [3.05, 3.63) is 17.8 Å². The highest BCUT2D eigenvalue weighted by Crippen LogP contribution is 2.17. The van der Waals surface area contributed by atoms with E-state index in [4.69, 9.17) is 14.2 Å². The lowest BCUT2D eigenvalue weighted by Gasteiger charge is -2.26. The van der Waals surface area contributed by atoms with Crippen molar-refractivity contribution in [2.24, 2.45) is 7.05 Å². The first-order chi connectivity index (χ1) is 16.7. The quantitative estimate of drug-likeness (QED) is 0.624. The number of hydrogen-bond donors (Lipinski definition) is 1. The molecule has 194 valence electrons. The smallest absolute Gasteiger partial charge is 0.359 e. The van der Waals surface area contributed by atoms with Crippen molar-refractivity contribution in [3.8, 4) is 0 Å². The molecule has 2 aromatic heterocycles. The van der Waals surface area contributed by atoms with E-state index >= 15 is 0 Å². The topological polar surface area (TPSA) is 104 Å². The van der Waals surface area contributed by atoms with E-state index in [1.165, 1.54) is 6.33 Å². The lowest BCUT2D eigenvalue weighted by Crippen LogP contribution is -2.37. The van der Waals surface area contributed by atoms with E-state index in [0.717, 1.165) is 77.8 Å². The van der Waals surface area contributed by atoms with Crippen LogP contribution in [0.2, 0.25) is 0 Å². The van der Waals surface area contributed by atoms with Gasteiger partial charge in [-0.15, -0.1) is 0 Å². The van der Waals surface area contributed by atoms with Crippen LogP contribution in [0.25, 0.3) is 11.2 Å². The van der Waals surface area contributed by atoms with Crippen LogP contribution < -0.4 is 5.32 Å². The molecule has 4 heterocycles. The summed E-state index contributed by atoms with van der Waals surface area (Å²) < 4.78 is 17.3. The first-order valence-electron chi connectivity index (χ1n) is 12.6. The molecule has 10 heteroatoms. The molecule has 34 heavy (non-hydrogen) atoms. The molecule has 0 aliphatic carbocycles. The second-order valence-corrected chi connectivity index (χ2v) is 7.12. The number of imidazole rings is 1. The molecule has 2 aliphatic rings. The van der Waals surface area contributed by atoms with E-state index in [1.54, 1.807) is 6.92 Å². The van der Waals surface area contributed by atoms with Crippen LogP contribution in [0.15, 0.2) is 6.33 Å². The predicted octanol–water partition coefficient (Wildman–Crippen LogP) is 2.46. The number of fused-ring (bicyclic) bond motifs is 1. The number of morpholine rings is 2. The summed E-state index contributed by atoms with van der Waals surface area (Å²) in [6, 6.07) is 0. The normalized spacial score (nSPS) is 15.7. The highest BCUT2D eigenvalue weighted by molar-refractivity contribution is 5.98. The zero-order valence-corrected chi connectivity index (χ0v) is 21.9. The lowest BCUT2D eigenvalue weighted by molar-refractivity contribution is 0.0374. The van der Waals surface area contributed by atoms with Crippen molar-refractivity contribution < 1.29 is 19.0 Å². The van der Waals surface area contributed by atoms with Gasteiger partial charge in [-0.05, 0) is 19.9 Å². The van der Waals surface area contributed by atoms with Gasteiger partial charge in [-0.2, -0.15) is 0 Å². The Kier molecular flexibility index (Phi) is 16.0. The molecule has 0 aromatic carbocycles. The average molecular weight is 481 g/mol. The number of carbonyl (C=O) groups is 1. The highest BCUT2D eigenvalue weighted by Gasteiger charge is 2.19. The Balaban J connectivity index is 0.000000489. The second kappa shape index (κ2) is 18.2. The zero-order valence-electron chi connectivity index (χ0n) is 21.9. The van der Waals surface area contributed by atoms with E-state index in [1.807, 2.05) is 39.3 Å². The number of aromatic nitrogens is 4. The summed E-state index contributed by atoms with van der Waals surface area (Å²) in [5.74, 6) is 0.451. The molecular weight excluding hydrogens is 436 g/mol. The first kappa shape index (κ1) is 29.9. The lowest BCUT2D eigenvalue weighted by atomic mass is 10.2. The molecule has 2 aliphatic heterocycles. The van der Waals surface area contributed by atoms with Crippen LogP contribution in [-0.2, 0) is 27.7 Å². The Morgan fingerprint density at radius 2 is 1.71 bits per heavy atom. The van der Waals surface area contributed by atoms with Crippen molar-refractivity contribution in [1.29, 1.82) is 0 Å². The van der Waals surface area contributed by atoms with Crippen LogP contribution in [0.1, 0.15) is 57.4 Å². The van der Waals surface area contributed by atoms with Gasteiger partial charge in [-0.1, -0.05) is 27.7 Å². The molecule has 0 bridgehead atoms. The van der Waals surface area contributed by atoms with Gasteiger partial charge in [0, 0.05) is 39.6 Å². The molecule has 0 atom stereocenters. The maximum atomic E-state index is 12.0. The number of ether oxygens (including phenoxy) is 3. The van der Waals surface area contributed by atoms with Gasteiger partial charge in [-0.3, -0.25) is 4.90 Å². The van der Waals surface area contributed by atoms with Crippen LogP contribution in [0.4, 0.5) is 0 Å². The molecule has 0 unspecified atom stereocenters. The standard InChI is InChI=1S/C16H23N5O3.C4H9NO.2C2H6/c1-3-24-16(22)14-13-15(18-11-17-14)20(2)12(19-13)5-4-6-21-7-9-23-10-8-21;1-3-6-4-2-5-1;2*1-2/h11H,3-10H2,1-2H3;5H,1-4H2;2*1-2H3. The molecule has 1 N–H and O–H groups in total. The first-order valence-corrected chi connectivity index (χ1v) is 12.6. The minimum absolute atomic E-state index is 0.233. The zero-order chi connectivity index (χ0) is 25.2. The minimum atomic E-state index is -0.456. The molecule has 4 rings (SSSR count). The molecule has 0 spiro atoms. The highest BCUT2D eigenvalue weighted by atomic mass is 16.5. The molecular formula is C24H44N6O4. The number of carbonyl (C=O) groups excluding carboxylic acids is 1. The van der Waals surface area contributed by atoms with E-state index in [9.17, 15) is 4.79 Å². The summed E-state index contributed by atoms with van der Waals surface area (Å²) in [5.41, 5.74) is 1.41. The fourth-order valence-corrected chi connectivity index (χ4v) is 3.42. The van der Waals surface area contributed by atoms with Gasteiger partial charge >= 0.3 is 5.97 Å². The molecule has 0 radical (unpaired) electrons. The third-order valence-electron chi connectivity index (χ3n) is 5.04. The largest absolute Gasteiger partial charge is 0.461 e. The van der Waals surface area contributed by atoms with Gasteiger partial charge in [0.1, 0.15) is 17.7 Å². The summed E-state index contributed by atoms with van der Waals surface area (Å²) in [6.45, 7) is 18.5. The Morgan fingerprint density at radius 3 is 2.26 bits per heavy atom. The van der Waals surface area contributed by atoms with Crippen molar-refractivity contribution in [2.45, 2.75) is 47.5 Å². The number of nitrogens with one attached hydrogen (secondary N) is 1. The second-order valence-electron chi connectivity index (χ2n) is 7.12. The fourth-order valence-electron chi connectivity index (χ4n) is 3.42. The molecule has 2 aromatic rings. The van der Waals surface area contributed by atoms with E-state index in [0.29, 0.717) is 17.8 Å². The SMILES string of the molecule is C1COCCN1.CC.CC.CCOC(=O)c1ncnc2c1nc(CCCN1CCOCC1)n2C. The Bertz CT molecular complexity index is 793. The maximum absolute atomic E-state index is 12.0. The van der Waals surface area contributed by atoms with Gasteiger partial charge < -0.3 is 24.1 Å².